The lowest BCUT2D eigenvalue weighted by Gasteiger charge is -2.42. The number of alkyl halides is 1. The van der Waals surface area contributed by atoms with Gasteiger partial charge in [-0.15, -0.1) is 0 Å². The van der Waals surface area contributed by atoms with Gasteiger partial charge in [0.05, 0.1) is 0 Å². The number of nitrogens with zero attached hydrogens (tertiary/aromatic N) is 1. The average Bonchev–Trinajstić information content (AvgIpc) is 2.49. The molecule has 3 rings (SSSR count). The Hall–Kier alpha value is -0.0500. The normalized spacial score (nSPS) is 42.1. The maximum Gasteiger partial charge on any atom is 0.225 e. The fourth-order valence-electron chi connectivity index (χ4n) is 4.67. The first-order valence-corrected chi connectivity index (χ1v) is 9.49. The summed E-state index contributed by atoms with van der Waals surface area (Å²) < 4.78 is 0. The van der Waals surface area contributed by atoms with Crippen molar-refractivity contribution in [1.29, 1.82) is 0 Å². The minimum atomic E-state index is 0.341. The van der Waals surface area contributed by atoms with Crippen LogP contribution < -0.4 is 0 Å². The van der Waals surface area contributed by atoms with E-state index in [4.69, 9.17) is 0 Å². The topological polar surface area (TPSA) is 20.3 Å². The third-order valence-electron chi connectivity index (χ3n) is 6.00. The van der Waals surface area contributed by atoms with Crippen LogP contribution in [0.25, 0.3) is 0 Å². The van der Waals surface area contributed by atoms with Crippen molar-refractivity contribution in [3.8, 4) is 0 Å². The predicted molar refractivity (Wildman–Crippen MR) is 85.9 cm³/mol. The van der Waals surface area contributed by atoms with Crippen molar-refractivity contribution in [2.24, 2.45) is 23.7 Å². The van der Waals surface area contributed by atoms with E-state index in [1.807, 2.05) is 0 Å². The molecule has 0 radical (unpaired) electrons. The Morgan fingerprint density at radius 1 is 1.05 bits per heavy atom. The second-order valence-electron chi connectivity index (χ2n) is 7.38. The van der Waals surface area contributed by atoms with Crippen molar-refractivity contribution < 1.29 is 4.79 Å². The van der Waals surface area contributed by atoms with Crippen LogP contribution in [0.2, 0.25) is 0 Å². The summed E-state index contributed by atoms with van der Waals surface area (Å²) in [5.74, 6) is 3.21. The standard InChI is InChI=1S/C17H28BrNO/c1-12-11-19(9-8-16(12)18)17(20)15-7-6-13-4-2-3-5-14(13)10-15/h12-16H,2-11H2,1H3. The second kappa shape index (κ2) is 6.37. The van der Waals surface area contributed by atoms with E-state index in [-0.39, 0.29) is 0 Å². The van der Waals surface area contributed by atoms with Gasteiger partial charge in [0, 0.05) is 23.8 Å². The molecule has 0 spiro atoms. The zero-order chi connectivity index (χ0) is 14.1. The van der Waals surface area contributed by atoms with E-state index < -0.39 is 0 Å². The third-order valence-corrected chi connectivity index (χ3v) is 7.36. The molecule has 20 heavy (non-hydrogen) atoms. The lowest BCUT2D eigenvalue weighted by molar-refractivity contribution is -0.139. The molecule has 3 heteroatoms. The zero-order valence-electron chi connectivity index (χ0n) is 12.7. The molecule has 3 fully saturated rings. The molecule has 0 aromatic rings. The van der Waals surface area contributed by atoms with Gasteiger partial charge in [0.25, 0.3) is 0 Å². The molecule has 5 atom stereocenters. The SMILES string of the molecule is CC1CN(C(=O)C2CCC3CCCCC3C2)CCC1Br. The van der Waals surface area contributed by atoms with E-state index in [0.29, 0.717) is 22.6 Å². The Morgan fingerprint density at radius 2 is 1.80 bits per heavy atom. The second-order valence-corrected chi connectivity index (χ2v) is 8.56. The smallest absolute Gasteiger partial charge is 0.225 e. The van der Waals surface area contributed by atoms with Crippen LogP contribution in [-0.4, -0.2) is 28.7 Å². The molecular formula is C17H28BrNO. The number of hydrogen-bond donors (Lipinski definition) is 0. The molecule has 0 aromatic heterocycles. The summed E-state index contributed by atoms with van der Waals surface area (Å²) in [5.41, 5.74) is 0. The highest BCUT2D eigenvalue weighted by atomic mass is 79.9. The highest BCUT2D eigenvalue weighted by Crippen LogP contribution is 2.43. The van der Waals surface area contributed by atoms with Crippen LogP contribution in [0.15, 0.2) is 0 Å². The number of carbonyl (C=O) groups is 1. The van der Waals surface area contributed by atoms with Crippen LogP contribution in [0, 0.1) is 23.7 Å². The Balaban J connectivity index is 1.57. The minimum absolute atomic E-state index is 0.341. The third kappa shape index (κ3) is 3.08. The van der Waals surface area contributed by atoms with Gasteiger partial charge in [-0.3, -0.25) is 4.79 Å². The highest BCUT2D eigenvalue weighted by Gasteiger charge is 2.37. The predicted octanol–water partition coefficient (Wildman–Crippen LogP) is 4.22. The first-order chi connectivity index (χ1) is 9.65. The van der Waals surface area contributed by atoms with Crippen LogP contribution in [-0.2, 0) is 4.79 Å². The summed E-state index contributed by atoms with van der Waals surface area (Å²) in [6, 6.07) is 0. The number of rotatable bonds is 1. The van der Waals surface area contributed by atoms with Crippen molar-refractivity contribution in [2.75, 3.05) is 13.1 Å². The van der Waals surface area contributed by atoms with E-state index >= 15 is 0 Å². The molecular weight excluding hydrogens is 314 g/mol. The number of likely N-dealkylation sites (tertiary alicyclic amines) is 1. The summed E-state index contributed by atoms with van der Waals surface area (Å²) in [5, 5.41) is 0. The molecule has 1 amide bonds. The van der Waals surface area contributed by atoms with Gasteiger partial charge in [0.2, 0.25) is 5.91 Å². The fourth-order valence-corrected chi connectivity index (χ4v) is 5.04. The first-order valence-electron chi connectivity index (χ1n) is 8.58. The van der Waals surface area contributed by atoms with E-state index in [1.165, 1.54) is 38.5 Å². The molecule has 0 bridgehead atoms. The van der Waals surface area contributed by atoms with Gasteiger partial charge in [0.15, 0.2) is 0 Å². The van der Waals surface area contributed by atoms with Crippen molar-refractivity contribution in [3.63, 3.8) is 0 Å². The summed E-state index contributed by atoms with van der Waals surface area (Å²) >= 11 is 3.73. The van der Waals surface area contributed by atoms with Gasteiger partial charge in [-0.1, -0.05) is 48.5 Å². The number of fused-ring (bicyclic) bond motifs is 1. The summed E-state index contributed by atoms with van der Waals surface area (Å²) in [4.78, 5) is 15.6. The first kappa shape index (κ1) is 14.9. The molecule has 114 valence electrons. The Labute approximate surface area is 131 Å². The Kier molecular flexibility index (Phi) is 4.74. The molecule has 1 heterocycles. The number of piperidine rings is 1. The molecule has 0 N–H and O–H groups in total. The van der Waals surface area contributed by atoms with Crippen LogP contribution in [0.1, 0.15) is 58.3 Å². The summed E-state index contributed by atoms with van der Waals surface area (Å²) in [6.07, 6.45) is 10.4. The van der Waals surface area contributed by atoms with Crippen molar-refractivity contribution >= 4 is 21.8 Å². The molecule has 3 aliphatic rings. The monoisotopic (exact) mass is 341 g/mol. The van der Waals surface area contributed by atoms with Gasteiger partial charge in [0.1, 0.15) is 0 Å². The maximum atomic E-state index is 12.8. The van der Waals surface area contributed by atoms with Crippen LogP contribution in [0.4, 0.5) is 0 Å². The van der Waals surface area contributed by atoms with Gasteiger partial charge in [-0.05, 0) is 43.4 Å². The number of hydrogen-bond acceptors (Lipinski definition) is 1. The summed E-state index contributed by atoms with van der Waals surface area (Å²) in [6.45, 7) is 4.18. The molecule has 5 unspecified atom stereocenters. The van der Waals surface area contributed by atoms with Gasteiger partial charge in [-0.25, -0.2) is 0 Å². The molecule has 2 aliphatic carbocycles. The lowest BCUT2D eigenvalue weighted by atomic mass is 9.67. The largest absolute Gasteiger partial charge is 0.342 e. The van der Waals surface area contributed by atoms with E-state index in [2.05, 4.69) is 27.8 Å². The fraction of sp³-hybridized carbons (Fsp3) is 0.941. The Morgan fingerprint density at radius 3 is 2.55 bits per heavy atom. The molecule has 1 aliphatic heterocycles. The molecule has 2 nitrogen and oxygen atoms in total. The quantitative estimate of drug-likeness (QED) is 0.653. The highest BCUT2D eigenvalue weighted by molar-refractivity contribution is 9.09. The van der Waals surface area contributed by atoms with Gasteiger partial charge in [-0.2, -0.15) is 0 Å². The molecule has 2 saturated carbocycles. The van der Waals surface area contributed by atoms with Gasteiger partial charge < -0.3 is 4.90 Å². The van der Waals surface area contributed by atoms with E-state index in [9.17, 15) is 4.79 Å². The molecule has 1 saturated heterocycles. The van der Waals surface area contributed by atoms with E-state index in [0.717, 1.165) is 37.8 Å². The Bertz CT molecular complexity index is 359. The van der Waals surface area contributed by atoms with Crippen LogP contribution in [0.5, 0.6) is 0 Å². The maximum absolute atomic E-state index is 12.8. The van der Waals surface area contributed by atoms with Crippen LogP contribution >= 0.6 is 15.9 Å². The van der Waals surface area contributed by atoms with Crippen molar-refractivity contribution in [3.05, 3.63) is 0 Å². The van der Waals surface area contributed by atoms with Crippen molar-refractivity contribution in [1.82, 2.24) is 4.90 Å². The number of amides is 1. The van der Waals surface area contributed by atoms with Crippen molar-refractivity contribution in [2.45, 2.75) is 63.1 Å². The lowest BCUT2D eigenvalue weighted by Crippen LogP contribution is -2.47. The zero-order valence-corrected chi connectivity index (χ0v) is 14.3. The number of halogens is 1. The average molecular weight is 342 g/mol. The van der Waals surface area contributed by atoms with E-state index in [1.54, 1.807) is 0 Å². The summed E-state index contributed by atoms with van der Waals surface area (Å²) in [7, 11) is 0. The van der Waals surface area contributed by atoms with Crippen LogP contribution in [0.3, 0.4) is 0 Å². The molecule has 0 aromatic carbocycles. The number of carbonyl (C=O) groups excluding carboxylic acids is 1. The van der Waals surface area contributed by atoms with Gasteiger partial charge >= 0.3 is 0 Å². The minimum Gasteiger partial charge on any atom is -0.342 e.